The second-order valence-electron chi connectivity index (χ2n) is 5.13. The molecule has 0 fully saturated rings. The lowest BCUT2D eigenvalue weighted by atomic mass is 10.1. The molecule has 2 aromatic heterocycles. The predicted octanol–water partition coefficient (Wildman–Crippen LogP) is 3.53. The molecule has 3 rings (SSSR count). The Labute approximate surface area is 148 Å². The maximum Gasteiger partial charge on any atom is 0.236 e. The van der Waals surface area contributed by atoms with Gasteiger partial charge in [-0.15, -0.1) is 16.4 Å². The molecule has 1 amide bonds. The third-order valence-corrected chi connectivity index (χ3v) is 4.92. The quantitative estimate of drug-likeness (QED) is 0.658. The van der Waals surface area contributed by atoms with Crippen molar-refractivity contribution in [2.24, 2.45) is 0 Å². The number of rotatable bonds is 6. The molecule has 0 spiro atoms. The van der Waals surface area contributed by atoms with Crippen molar-refractivity contribution in [1.29, 1.82) is 0 Å². The Morgan fingerprint density at radius 2 is 2.08 bits per heavy atom. The topological polar surface area (TPSA) is 83.6 Å². The zero-order valence-corrected chi connectivity index (χ0v) is 15.0. The molecular formula is C16H17N5OS2. The van der Waals surface area contributed by atoms with Crippen molar-refractivity contribution >= 4 is 34.1 Å². The van der Waals surface area contributed by atoms with E-state index < -0.39 is 0 Å². The highest BCUT2D eigenvalue weighted by Crippen LogP contribution is 2.25. The van der Waals surface area contributed by atoms with Gasteiger partial charge in [0.15, 0.2) is 5.13 Å². The van der Waals surface area contributed by atoms with E-state index in [4.69, 9.17) is 0 Å². The number of nitrogens with one attached hydrogen (secondary N) is 2. The normalized spacial score (nSPS) is 10.8. The summed E-state index contributed by atoms with van der Waals surface area (Å²) in [6.07, 6.45) is 1.01. The van der Waals surface area contributed by atoms with Gasteiger partial charge >= 0.3 is 0 Å². The van der Waals surface area contributed by atoms with Crippen LogP contribution in [0.25, 0.3) is 11.3 Å². The van der Waals surface area contributed by atoms with Crippen LogP contribution in [0, 0.1) is 6.92 Å². The summed E-state index contributed by atoms with van der Waals surface area (Å²) >= 11 is 2.71. The minimum atomic E-state index is -0.121. The first-order chi connectivity index (χ1) is 11.6. The van der Waals surface area contributed by atoms with Crippen molar-refractivity contribution in [3.8, 4) is 11.3 Å². The van der Waals surface area contributed by atoms with Crippen LogP contribution in [0.1, 0.15) is 18.3 Å². The highest BCUT2D eigenvalue weighted by molar-refractivity contribution is 7.99. The number of thiazole rings is 1. The first-order valence-corrected chi connectivity index (χ1v) is 9.37. The number of anilines is 1. The lowest BCUT2D eigenvalue weighted by Crippen LogP contribution is -2.13. The summed E-state index contributed by atoms with van der Waals surface area (Å²) in [4.78, 5) is 20.6. The van der Waals surface area contributed by atoms with E-state index in [9.17, 15) is 4.79 Å². The van der Waals surface area contributed by atoms with Crippen LogP contribution >= 0.6 is 23.1 Å². The maximum absolute atomic E-state index is 12.0. The van der Waals surface area contributed by atoms with Crippen molar-refractivity contribution in [2.75, 3.05) is 11.1 Å². The Bertz CT molecular complexity index is 825. The SMILES string of the molecule is CCc1ccc(-c2csc(NC(=O)CSc3n[nH]c(C)n3)n2)cc1. The first-order valence-electron chi connectivity index (χ1n) is 7.50. The van der Waals surface area contributed by atoms with E-state index in [1.165, 1.54) is 28.7 Å². The van der Waals surface area contributed by atoms with Gasteiger partial charge in [-0.3, -0.25) is 9.89 Å². The van der Waals surface area contributed by atoms with E-state index in [1.54, 1.807) is 0 Å². The molecule has 3 aromatic rings. The van der Waals surface area contributed by atoms with E-state index in [-0.39, 0.29) is 11.7 Å². The van der Waals surface area contributed by atoms with Gasteiger partial charge < -0.3 is 5.32 Å². The number of hydrogen-bond acceptors (Lipinski definition) is 6. The number of hydrogen-bond donors (Lipinski definition) is 2. The van der Waals surface area contributed by atoms with Crippen molar-refractivity contribution in [1.82, 2.24) is 20.2 Å². The van der Waals surface area contributed by atoms with Gasteiger partial charge in [0.05, 0.1) is 11.4 Å². The van der Waals surface area contributed by atoms with Crippen molar-refractivity contribution in [2.45, 2.75) is 25.4 Å². The van der Waals surface area contributed by atoms with Gasteiger partial charge in [-0.1, -0.05) is 43.0 Å². The fraction of sp³-hybridized carbons (Fsp3) is 0.250. The van der Waals surface area contributed by atoms with Crippen LogP contribution in [0.5, 0.6) is 0 Å². The standard InChI is InChI=1S/C16H17N5OS2/c1-3-11-4-6-12(7-5-11)13-8-23-15(18-13)19-14(22)9-24-16-17-10(2)20-21-16/h4-8H,3,9H2,1-2H3,(H,17,20,21)(H,18,19,22). The third kappa shape index (κ3) is 4.21. The van der Waals surface area contributed by atoms with Gasteiger partial charge in [-0.05, 0) is 18.9 Å². The minimum Gasteiger partial charge on any atom is -0.301 e. The van der Waals surface area contributed by atoms with Crippen molar-refractivity contribution in [3.63, 3.8) is 0 Å². The summed E-state index contributed by atoms with van der Waals surface area (Å²) in [6.45, 7) is 3.95. The van der Waals surface area contributed by atoms with Crippen LogP contribution in [0.4, 0.5) is 5.13 Å². The van der Waals surface area contributed by atoms with E-state index in [0.29, 0.717) is 10.3 Å². The molecule has 0 radical (unpaired) electrons. The molecule has 0 atom stereocenters. The average molecular weight is 359 g/mol. The van der Waals surface area contributed by atoms with Gasteiger partial charge in [-0.25, -0.2) is 9.97 Å². The number of carbonyl (C=O) groups is 1. The molecule has 1 aromatic carbocycles. The van der Waals surface area contributed by atoms with E-state index >= 15 is 0 Å². The van der Waals surface area contributed by atoms with Crippen LogP contribution < -0.4 is 5.32 Å². The summed E-state index contributed by atoms with van der Waals surface area (Å²) in [5, 5.41) is 12.7. The van der Waals surface area contributed by atoms with Gasteiger partial charge in [0, 0.05) is 10.9 Å². The van der Waals surface area contributed by atoms with E-state index in [2.05, 4.69) is 56.7 Å². The fourth-order valence-corrected chi connectivity index (χ4v) is 3.43. The number of H-pyrrole nitrogens is 1. The Morgan fingerprint density at radius 3 is 2.75 bits per heavy atom. The average Bonchev–Trinajstić information content (AvgIpc) is 3.22. The van der Waals surface area contributed by atoms with Crippen molar-refractivity contribution in [3.05, 3.63) is 41.0 Å². The number of carbonyl (C=O) groups excluding carboxylic acids is 1. The molecule has 2 heterocycles. The zero-order chi connectivity index (χ0) is 16.9. The van der Waals surface area contributed by atoms with Crippen LogP contribution in [-0.2, 0) is 11.2 Å². The lowest BCUT2D eigenvalue weighted by Gasteiger charge is -2.00. The number of thioether (sulfide) groups is 1. The molecule has 0 bridgehead atoms. The van der Waals surface area contributed by atoms with Crippen LogP contribution in [0.3, 0.4) is 0 Å². The second kappa shape index (κ2) is 7.59. The smallest absolute Gasteiger partial charge is 0.236 e. The maximum atomic E-state index is 12.0. The zero-order valence-electron chi connectivity index (χ0n) is 13.4. The summed E-state index contributed by atoms with van der Waals surface area (Å²) in [6, 6.07) is 8.31. The molecule has 0 unspecified atom stereocenters. The highest BCUT2D eigenvalue weighted by Gasteiger charge is 2.10. The summed E-state index contributed by atoms with van der Waals surface area (Å²) < 4.78 is 0. The van der Waals surface area contributed by atoms with Gasteiger partial charge in [0.1, 0.15) is 5.82 Å². The predicted molar refractivity (Wildman–Crippen MR) is 97.4 cm³/mol. The number of aromatic nitrogens is 4. The highest BCUT2D eigenvalue weighted by atomic mass is 32.2. The fourth-order valence-electron chi connectivity index (χ4n) is 2.05. The second-order valence-corrected chi connectivity index (χ2v) is 6.93. The molecular weight excluding hydrogens is 342 g/mol. The van der Waals surface area contributed by atoms with Crippen LogP contribution in [0.2, 0.25) is 0 Å². The molecule has 0 saturated heterocycles. The molecule has 0 aliphatic carbocycles. The largest absolute Gasteiger partial charge is 0.301 e. The summed E-state index contributed by atoms with van der Waals surface area (Å²) in [5.41, 5.74) is 3.21. The number of aromatic amines is 1. The number of benzene rings is 1. The molecule has 0 aliphatic rings. The van der Waals surface area contributed by atoms with Gasteiger partial charge in [-0.2, -0.15) is 0 Å². The van der Waals surface area contributed by atoms with Gasteiger partial charge in [0.25, 0.3) is 0 Å². The minimum absolute atomic E-state index is 0.121. The number of nitrogens with zero attached hydrogens (tertiary/aromatic N) is 3. The molecule has 8 heteroatoms. The van der Waals surface area contributed by atoms with Crippen LogP contribution in [0.15, 0.2) is 34.8 Å². The molecule has 0 saturated carbocycles. The number of amides is 1. The first kappa shape index (κ1) is 16.7. The van der Waals surface area contributed by atoms with Crippen molar-refractivity contribution < 1.29 is 4.79 Å². The molecule has 6 nitrogen and oxygen atoms in total. The van der Waals surface area contributed by atoms with E-state index in [1.807, 2.05) is 12.3 Å². The Hall–Kier alpha value is -2.19. The Morgan fingerprint density at radius 1 is 1.29 bits per heavy atom. The lowest BCUT2D eigenvalue weighted by molar-refractivity contribution is -0.113. The summed E-state index contributed by atoms with van der Waals surface area (Å²) in [5.74, 6) is 0.860. The molecule has 0 aliphatic heterocycles. The molecule has 24 heavy (non-hydrogen) atoms. The number of aryl methyl sites for hydroxylation is 2. The molecule has 2 N–H and O–H groups in total. The molecule has 124 valence electrons. The van der Waals surface area contributed by atoms with Gasteiger partial charge in [0.2, 0.25) is 11.1 Å². The monoisotopic (exact) mass is 359 g/mol. The third-order valence-electron chi connectivity index (χ3n) is 3.32. The van der Waals surface area contributed by atoms with E-state index in [0.717, 1.165) is 23.5 Å². The van der Waals surface area contributed by atoms with Crippen LogP contribution in [-0.4, -0.2) is 31.8 Å². The Balaban J connectivity index is 1.57. The Kier molecular flexibility index (Phi) is 5.27. The summed E-state index contributed by atoms with van der Waals surface area (Å²) in [7, 11) is 0.